The maximum atomic E-state index is 10.7. The van der Waals surface area contributed by atoms with E-state index in [9.17, 15) is 5.11 Å². The van der Waals surface area contributed by atoms with E-state index in [4.69, 9.17) is 4.74 Å². The van der Waals surface area contributed by atoms with Crippen LogP contribution in [0.4, 0.5) is 0 Å². The molecule has 2 unspecified atom stereocenters. The normalized spacial score (nSPS) is 20.0. The highest BCUT2D eigenvalue weighted by molar-refractivity contribution is 5.27. The molecule has 130 valence electrons. The van der Waals surface area contributed by atoms with E-state index in [-0.39, 0.29) is 5.92 Å². The van der Waals surface area contributed by atoms with Crippen LogP contribution in [0.25, 0.3) is 0 Å². The number of piperidine rings is 1. The van der Waals surface area contributed by atoms with Gasteiger partial charge in [-0.2, -0.15) is 0 Å². The molecule has 0 bridgehead atoms. The summed E-state index contributed by atoms with van der Waals surface area (Å²) in [6.45, 7) is 5.58. The summed E-state index contributed by atoms with van der Waals surface area (Å²) < 4.78 is 7.41. The minimum Gasteiger partial charge on any atom is -0.494 e. The summed E-state index contributed by atoms with van der Waals surface area (Å²) in [5.41, 5.74) is 1.28. The summed E-state index contributed by atoms with van der Waals surface area (Å²) in [6, 6.07) is 8.32. The van der Waals surface area contributed by atoms with Crippen LogP contribution in [0.3, 0.4) is 0 Å². The zero-order valence-corrected chi connectivity index (χ0v) is 14.6. The molecule has 5 heteroatoms. The Morgan fingerprint density at radius 1 is 1.33 bits per heavy atom. The lowest BCUT2D eigenvalue weighted by atomic mass is 9.91. The molecule has 2 atom stereocenters. The van der Waals surface area contributed by atoms with E-state index < -0.39 is 6.10 Å². The van der Waals surface area contributed by atoms with Crippen molar-refractivity contribution in [3.63, 3.8) is 0 Å². The quantitative estimate of drug-likeness (QED) is 0.885. The van der Waals surface area contributed by atoms with E-state index in [0.29, 0.717) is 6.61 Å². The molecule has 1 aliphatic rings. The van der Waals surface area contributed by atoms with Gasteiger partial charge in [0.25, 0.3) is 0 Å². The average molecular weight is 329 g/mol. The molecule has 24 heavy (non-hydrogen) atoms. The third kappa shape index (κ3) is 3.97. The minimum absolute atomic E-state index is 0.238. The summed E-state index contributed by atoms with van der Waals surface area (Å²) in [5.74, 6) is 1.92. The summed E-state index contributed by atoms with van der Waals surface area (Å²) in [4.78, 5) is 6.73. The molecule has 1 aromatic heterocycles. The molecule has 0 aliphatic carbocycles. The van der Waals surface area contributed by atoms with Gasteiger partial charge in [0.15, 0.2) is 0 Å². The number of aryl methyl sites for hydroxylation is 1. The fraction of sp³-hybridized carbons (Fsp3) is 0.526. The van der Waals surface area contributed by atoms with Crippen LogP contribution in [0, 0.1) is 5.92 Å². The van der Waals surface area contributed by atoms with Crippen LogP contribution in [0.2, 0.25) is 0 Å². The predicted molar refractivity (Wildman–Crippen MR) is 93.8 cm³/mol. The topological polar surface area (TPSA) is 50.5 Å². The molecule has 0 spiro atoms. The number of rotatable bonds is 6. The van der Waals surface area contributed by atoms with Crippen molar-refractivity contribution in [1.82, 2.24) is 14.5 Å². The van der Waals surface area contributed by atoms with E-state index in [1.54, 1.807) is 6.20 Å². The van der Waals surface area contributed by atoms with Crippen molar-refractivity contribution in [3.05, 3.63) is 48.0 Å². The molecule has 1 aromatic carbocycles. The molecular weight excluding hydrogens is 302 g/mol. The Balaban J connectivity index is 1.60. The molecule has 1 N–H and O–H groups in total. The SMILES string of the molecule is CCOc1ccc(CN2CCCC(C(O)c3nccn3C)C2)cc1. The molecule has 0 amide bonds. The number of nitrogens with zero attached hydrogens (tertiary/aromatic N) is 3. The van der Waals surface area contributed by atoms with Gasteiger partial charge in [0.05, 0.1) is 6.61 Å². The van der Waals surface area contributed by atoms with Crippen molar-refractivity contribution in [2.24, 2.45) is 13.0 Å². The van der Waals surface area contributed by atoms with Crippen LogP contribution in [-0.4, -0.2) is 39.3 Å². The van der Waals surface area contributed by atoms with Crippen LogP contribution >= 0.6 is 0 Å². The van der Waals surface area contributed by atoms with E-state index >= 15 is 0 Å². The lowest BCUT2D eigenvalue weighted by Gasteiger charge is -2.35. The van der Waals surface area contributed by atoms with Crippen LogP contribution < -0.4 is 4.74 Å². The standard InChI is InChI=1S/C19H27N3O2/c1-3-24-17-8-6-15(7-9-17)13-22-11-4-5-16(14-22)18(23)19-20-10-12-21(19)2/h6-10,12,16,18,23H,3-5,11,13-14H2,1-2H3. The summed E-state index contributed by atoms with van der Waals surface area (Å²) in [7, 11) is 1.94. The van der Waals surface area contributed by atoms with Gasteiger partial charge in [0.2, 0.25) is 0 Å². The Labute approximate surface area is 143 Å². The molecule has 3 rings (SSSR count). The van der Waals surface area contributed by atoms with Gasteiger partial charge in [-0.15, -0.1) is 0 Å². The zero-order chi connectivity index (χ0) is 16.9. The number of likely N-dealkylation sites (tertiary alicyclic amines) is 1. The molecule has 2 heterocycles. The number of aromatic nitrogens is 2. The van der Waals surface area contributed by atoms with Gasteiger partial charge < -0.3 is 14.4 Å². The highest BCUT2D eigenvalue weighted by Crippen LogP contribution is 2.29. The van der Waals surface area contributed by atoms with Crippen molar-refractivity contribution in [2.45, 2.75) is 32.4 Å². The van der Waals surface area contributed by atoms with E-state index in [1.165, 1.54) is 5.56 Å². The number of hydrogen-bond donors (Lipinski definition) is 1. The molecule has 1 saturated heterocycles. The molecule has 2 aromatic rings. The van der Waals surface area contributed by atoms with Crippen molar-refractivity contribution in [2.75, 3.05) is 19.7 Å². The van der Waals surface area contributed by atoms with Crippen molar-refractivity contribution in [1.29, 1.82) is 0 Å². The largest absolute Gasteiger partial charge is 0.494 e. The molecular formula is C19H27N3O2. The van der Waals surface area contributed by atoms with Gasteiger partial charge in [0.1, 0.15) is 17.7 Å². The first-order chi connectivity index (χ1) is 11.7. The highest BCUT2D eigenvalue weighted by atomic mass is 16.5. The van der Waals surface area contributed by atoms with Gasteiger partial charge in [-0.1, -0.05) is 12.1 Å². The van der Waals surface area contributed by atoms with Crippen molar-refractivity contribution >= 4 is 0 Å². The lowest BCUT2D eigenvalue weighted by Crippen LogP contribution is -2.37. The molecule has 0 radical (unpaired) electrons. The summed E-state index contributed by atoms with van der Waals surface area (Å²) >= 11 is 0. The number of aliphatic hydroxyl groups excluding tert-OH is 1. The first kappa shape index (κ1) is 17.0. The van der Waals surface area contributed by atoms with Crippen LogP contribution in [0.15, 0.2) is 36.7 Å². The molecule has 5 nitrogen and oxygen atoms in total. The molecule has 1 aliphatic heterocycles. The third-order valence-corrected chi connectivity index (χ3v) is 4.75. The Kier molecular flexibility index (Phi) is 5.53. The first-order valence-corrected chi connectivity index (χ1v) is 8.76. The Morgan fingerprint density at radius 2 is 2.12 bits per heavy atom. The van der Waals surface area contributed by atoms with Gasteiger partial charge >= 0.3 is 0 Å². The summed E-state index contributed by atoms with van der Waals surface area (Å²) in [5, 5.41) is 10.7. The Morgan fingerprint density at radius 3 is 2.79 bits per heavy atom. The smallest absolute Gasteiger partial charge is 0.137 e. The van der Waals surface area contributed by atoms with Gasteiger partial charge in [-0.25, -0.2) is 4.98 Å². The van der Waals surface area contributed by atoms with Gasteiger partial charge in [-0.3, -0.25) is 4.90 Å². The molecule has 0 saturated carbocycles. The summed E-state index contributed by atoms with van der Waals surface area (Å²) in [6.07, 6.45) is 5.31. The fourth-order valence-electron chi connectivity index (χ4n) is 3.48. The van der Waals surface area contributed by atoms with E-state index in [1.807, 2.05) is 36.9 Å². The van der Waals surface area contributed by atoms with Crippen molar-refractivity contribution < 1.29 is 9.84 Å². The number of hydrogen-bond acceptors (Lipinski definition) is 4. The third-order valence-electron chi connectivity index (χ3n) is 4.75. The van der Waals surface area contributed by atoms with Crippen molar-refractivity contribution in [3.8, 4) is 5.75 Å². The minimum atomic E-state index is -0.492. The number of aliphatic hydroxyl groups is 1. The second-order valence-corrected chi connectivity index (χ2v) is 6.56. The monoisotopic (exact) mass is 329 g/mol. The van der Waals surface area contributed by atoms with Crippen LogP contribution in [0.1, 0.15) is 37.3 Å². The van der Waals surface area contributed by atoms with E-state index in [2.05, 4.69) is 22.0 Å². The number of benzene rings is 1. The van der Waals surface area contributed by atoms with Gasteiger partial charge in [0, 0.05) is 38.4 Å². The Hall–Kier alpha value is -1.85. The van der Waals surface area contributed by atoms with Crippen LogP contribution in [0.5, 0.6) is 5.75 Å². The average Bonchev–Trinajstić information content (AvgIpc) is 3.02. The molecule has 1 fully saturated rings. The first-order valence-electron chi connectivity index (χ1n) is 8.76. The number of ether oxygens (including phenoxy) is 1. The van der Waals surface area contributed by atoms with Crippen LogP contribution in [-0.2, 0) is 13.6 Å². The maximum absolute atomic E-state index is 10.7. The number of imidazole rings is 1. The maximum Gasteiger partial charge on any atom is 0.137 e. The lowest BCUT2D eigenvalue weighted by molar-refractivity contribution is 0.0405. The predicted octanol–water partition coefficient (Wildman–Crippen LogP) is 2.76. The van der Waals surface area contributed by atoms with Gasteiger partial charge in [-0.05, 0) is 44.0 Å². The van der Waals surface area contributed by atoms with E-state index in [0.717, 1.165) is 44.0 Å². The zero-order valence-electron chi connectivity index (χ0n) is 14.6. The second kappa shape index (κ2) is 7.81. The fourth-order valence-corrected chi connectivity index (χ4v) is 3.48. The second-order valence-electron chi connectivity index (χ2n) is 6.56. The Bertz CT molecular complexity index is 638. The highest BCUT2D eigenvalue weighted by Gasteiger charge is 2.29.